The van der Waals surface area contributed by atoms with Crippen molar-refractivity contribution in [3.05, 3.63) is 96.0 Å². The van der Waals surface area contributed by atoms with E-state index in [0.717, 1.165) is 61.9 Å². The normalized spacial score (nSPS) is 11.3. The molecule has 0 bridgehead atoms. The molecule has 0 N–H and O–H groups in total. The molecule has 0 aliphatic heterocycles. The van der Waals surface area contributed by atoms with E-state index < -0.39 is 0 Å². The second-order valence-corrected chi connectivity index (χ2v) is 10.4. The van der Waals surface area contributed by atoms with Crippen LogP contribution in [-0.4, -0.2) is 46.7 Å². The van der Waals surface area contributed by atoms with Crippen molar-refractivity contribution < 1.29 is 19.0 Å². The van der Waals surface area contributed by atoms with Crippen molar-refractivity contribution in [3.8, 4) is 16.9 Å². The number of esters is 1. The van der Waals surface area contributed by atoms with Gasteiger partial charge in [0, 0.05) is 48.1 Å². The maximum Gasteiger partial charge on any atom is 0.355 e. The van der Waals surface area contributed by atoms with Gasteiger partial charge < -0.3 is 18.8 Å². The molecule has 0 aliphatic rings. The minimum atomic E-state index is -0.312. The van der Waals surface area contributed by atoms with Gasteiger partial charge in [0.05, 0.1) is 37.6 Å². The van der Waals surface area contributed by atoms with Gasteiger partial charge in [-0.15, -0.1) is 6.58 Å². The van der Waals surface area contributed by atoms with Crippen molar-refractivity contribution in [3.63, 3.8) is 0 Å². The SMILES string of the molecule is C=CCOCCc1c(-c2cccc3c(CCCOc4cccc5ccccc45)c(C(=O)OCC)n(C)c23)c(C)nn1C. The first-order valence-electron chi connectivity index (χ1n) is 14.6. The summed E-state index contributed by atoms with van der Waals surface area (Å²) in [6.07, 6.45) is 3.89. The molecule has 7 heteroatoms. The van der Waals surface area contributed by atoms with Gasteiger partial charge in [-0.2, -0.15) is 5.10 Å². The Kier molecular flexibility index (Phi) is 9.08. The number of aryl methyl sites for hydroxylation is 4. The van der Waals surface area contributed by atoms with Crippen LogP contribution in [0.15, 0.2) is 73.3 Å². The van der Waals surface area contributed by atoms with Crippen molar-refractivity contribution in [2.24, 2.45) is 14.1 Å². The van der Waals surface area contributed by atoms with E-state index in [1.807, 2.05) is 61.5 Å². The number of hydrogen-bond acceptors (Lipinski definition) is 5. The highest BCUT2D eigenvalue weighted by molar-refractivity contribution is 6.04. The Bertz CT molecular complexity index is 1720. The molecule has 3 aromatic carbocycles. The molecule has 0 saturated heterocycles. The summed E-state index contributed by atoms with van der Waals surface area (Å²) in [5, 5.41) is 8.04. The zero-order valence-corrected chi connectivity index (χ0v) is 25.0. The Morgan fingerprint density at radius 2 is 1.74 bits per heavy atom. The largest absolute Gasteiger partial charge is 0.493 e. The first-order valence-corrected chi connectivity index (χ1v) is 14.6. The van der Waals surface area contributed by atoms with E-state index in [-0.39, 0.29) is 5.97 Å². The van der Waals surface area contributed by atoms with E-state index >= 15 is 0 Å². The van der Waals surface area contributed by atoms with Crippen LogP contribution in [0.2, 0.25) is 0 Å². The Balaban J connectivity index is 1.49. The van der Waals surface area contributed by atoms with Crippen LogP contribution in [0.1, 0.15) is 40.8 Å². The van der Waals surface area contributed by atoms with Crippen LogP contribution in [0.4, 0.5) is 0 Å². The van der Waals surface area contributed by atoms with Crippen LogP contribution < -0.4 is 4.74 Å². The smallest absolute Gasteiger partial charge is 0.355 e. The molecule has 0 amide bonds. The number of benzene rings is 3. The van der Waals surface area contributed by atoms with Crippen molar-refractivity contribution in [2.75, 3.05) is 26.4 Å². The summed E-state index contributed by atoms with van der Waals surface area (Å²) >= 11 is 0. The van der Waals surface area contributed by atoms with Crippen LogP contribution in [0.25, 0.3) is 32.8 Å². The molecular formula is C35H39N3O4. The fourth-order valence-corrected chi connectivity index (χ4v) is 5.94. The summed E-state index contributed by atoms with van der Waals surface area (Å²) in [5.74, 6) is 0.559. The number of hydrogen-bond donors (Lipinski definition) is 0. The topological polar surface area (TPSA) is 67.5 Å². The molecule has 2 heterocycles. The Labute approximate surface area is 247 Å². The molecule has 0 aliphatic carbocycles. The van der Waals surface area contributed by atoms with Crippen molar-refractivity contribution >= 4 is 27.6 Å². The Morgan fingerprint density at radius 1 is 0.976 bits per heavy atom. The molecule has 2 aromatic heterocycles. The number of fused-ring (bicyclic) bond motifs is 2. The lowest BCUT2D eigenvalue weighted by Crippen LogP contribution is -2.13. The van der Waals surface area contributed by atoms with Gasteiger partial charge in [0.25, 0.3) is 0 Å². The van der Waals surface area contributed by atoms with E-state index in [0.29, 0.717) is 45.0 Å². The maximum absolute atomic E-state index is 13.3. The van der Waals surface area contributed by atoms with Gasteiger partial charge in [-0.1, -0.05) is 60.7 Å². The highest BCUT2D eigenvalue weighted by atomic mass is 16.5. The third kappa shape index (κ3) is 5.70. The average Bonchev–Trinajstić information content (AvgIpc) is 3.44. The molecule has 0 spiro atoms. The number of rotatable bonds is 13. The molecule has 0 radical (unpaired) electrons. The number of nitrogens with zero attached hydrogens (tertiary/aromatic N) is 3. The Morgan fingerprint density at radius 3 is 2.55 bits per heavy atom. The second-order valence-electron chi connectivity index (χ2n) is 10.4. The fourth-order valence-electron chi connectivity index (χ4n) is 5.94. The molecule has 0 unspecified atom stereocenters. The van der Waals surface area contributed by atoms with E-state index in [4.69, 9.17) is 19.3 Å². The van der Waals surface area contributed by atoms with Gasteiger partial charge in [0.2, 0.25) is 0 Å². The molecule has 42 heavy (non-hydrogen) atoms. The molecule has 7 nitrogen and oxygen atoms in total. The molecule has 0 saturated carbocycles. The molecule has 0 atom stereocenters. The van der Waals surface area contributed by atoms with Gasteiger partial charge >= 0.3 is 5.97 Å². The van der Waals surface area contributed by atoms with Crippen LogP contribution in [0.3, 0.4) is 0 Å². The summed E-state index contributed by atoms with van der Waals surface area (Å²) in [7, 11) is 3.92. The predicted molar refractivity (Wildman–Crippen MR) is 168 cm³/mol. The zero-order chi connectivity index (χ0) is 29.6. The third-order valence-electron chi connectivity index (χ3n) is 7.69. The van der Waals surface area contributed by atoms with E-state index in [2.05, 4.69) is 43.0 Å². The summed E-state index contributed by atoms with van der Waals surface area (Å²) in [4.78, 5) is 13.3. The summed E-state index contributed by atoms with van der Waals surface area (Å²) < 4.78 is 21.4. The molecule has 0 fully saturated rings. The minimum Gasteiger partial charge on any atom is -0.493 e. The average molecular weight is 566 g/mol. The number of aromatic nitrogens is 3. The Hall–Kier alpha value is -4.36. The molecular weight excluding hydrogens is 526 g/mol. The molecule has 218 valence electrons. The third-order valence-corrected chi connectivity index (χ3v) is 7.69. The van der Waals surface area contributed by atoms with E-state index in [1.54, 1.807) is 6.08 Å². The lowest BCUT2D eigenvalue weighted by Gasteiger charge is -2.11. The highest BCUT2D eigenvalue weighted by Crippen LogP contribution is 2.38. The van der Waals surface area contributed by atoms with Crippen molar-refractivity contribution in [1.29, 1.82) is 0 Å². The number of ether oxygens (including phenoxy) is 3. The van der Waals surface area contributed by atoms with Gasteiger partial charge in [-0.3, -0.25) is 4.68 Å². The summed E-state index contributed by atoms with van der Waals surface area (Å²) in [6.45, 7) is 9.52. The minimum absolute atomic E-state index is 0.312. The lowest BCUT2D eigenvalue weighted by atomic mass is 9.97. The van der Waals surface area contributed by atoms with Gasteiger partial charge in [0.15, 0.2) is 0 Å². The fraction of sp³-hybridized carbons (Fsp3) is 0.314. The first-order chi connectivity index (χ1) is 20.5. The molecule has 5 rings (SSSR count). The van der Waals surface area contributed by atoms with Crippen LogP contribution in [0, 0.1) is 6.92 Å². The summed E-state index contributed by atoms with van der Waals surface area (Å²) in [6, 6.07) is 20.6. The van der Waals surface area contributed by atoms with Crippen LogP contribution in [0.5, 0.6) is 5.75 Å². The quantitative estimate of drug-likeness (QED) is 0.0876. The van der Waals surface area contributed by atoms with Gasteiger partial charge in [0.1, 0.15) is 11.4 Å². The maximum atomic E-state index is 13.3. The zero-order valence-electron chi connectivity index (χ0n) is 25.0. The number of carbonyl (C=O) groups excluding carboxylic acids is 1. The van der Waals surface area contributed by atoms with Crippen molar-refractivity contribution in [1.82, 2.24) is 14.3 Å². The van der Waals surface area contributed by atoms with Gasteiger partial charge in [-0.05, 0) is 43.7 Å². The van der Waals surface area contributed by atoms with Crippen molar-refractivity contribution in [2.45, 2.75) is 33.1 Å². The summed E-state index contributed by atoms with van der Waals surface area (Å²) in [5.41, 5.74) is 6.71. The van der Waals surface area contributed by atoms with E-state index in [9.17, 15) is 4.79 Å². The first kappa shape index (κ1) is 29.1. The predicted octanol–water partition coefficient (Wildman–Crippen LogP) is 6.97. The number of para-hydroxylation sites is 1. The van der Waals surface area contributed by atoms with Crippen LogP contribution >= 0.6 is 0 Å². The second kappa shape index (κ2) is 13.1. The monoisotopic (exact) mass is 565 g/mol. The standard InChI is InChI=1S/C35H39N3O4/c1-6-21-40-23-20-30-32(24(3)36-38(30)5)29-17-11-16-27-28(34(35(39)41-7-2)37(4)33(27)29)18-12-22-42-31-19-10-14-25-13-8-9-15-26(25)31/h6,8-11,13-17,19H,1,7,12,18,20-23H2,2-5H3. The lowest BCUT2D eigenvalue weighted by molar-refractivity contribution is 0.0514. The van der Waals surface area contributed by atoms with Crippen LogP contribution in [-0.2, 0) is 36.4 Å². The van der Waals surface area contributed by atoms with Gasteiger partial charge in [-0.25, -0.2) is 4.79 Å². The number of carbonyl (C=O) groups is 1. The molecule has 5 aromatic rings. The highest BCUT2D eigenvalue weighted by Gasteiger charge is 2.26. The van der Waals surface area contributed by atoms with E-state index in [1.165, 1.54) is 0 Å².